The average Bonchev–Trinajstić information content (AvgIpc) is 3.02. The van der Waals surface area contributed by atoms with Crippen LogP contribution >= 0.6 is 11.3 Å². The molecule has 2 N–H and O–H groups in total. The molecule has 1 amide bonds. The lowest BCUT2D eigenvalue weighted by Gasteiger charge is -2.05. The molecule has 0 unspecified atom stereocenters. The highest BCUT2D eigenvalue weighted by atomic mass is 32.1. The van der Waals surface area contributed by atoms with E-state index in [0.29, 0.717) is 16.1 Å². The third-order valence-electron chi connectivity index (χ3n) is 4.00. The molecule has 2 heterocycles. The number of nitrogens with one attached hydrogen (secondary N) is 2. The van der Waals surface area contributed by atoms with E-state index in [-0.39, 0.29) is 5.56 Å². The van der Waals surface area contributed by atoms with Gasteiger partial charge in [-0.2, -0.15) is 0 Å². The van der Waals surface area contributed by atoms with Crippen molar-refractivity contribution in [3.8, 4) is 0 Å². The molecule has 0 atom stereocenters. The maximum atomic E-state index is 12.4. The Morgan fingerprint density at radius 2 is 1.96 bits per heavy atom. The molecule has 4 rings (SSSR count). The van der Waals surface area contributed by atoms with Crippen molar-refractivity contribution in [3.05, 3.63) is 69.6 Å². The molecule has 130 valence electrons. The molecule has 0 aliphatic carbocycles. The van der Waals surface area contributed by atoms with E-state index in [0.717, 1.165) is 21.3 Å². The number of amides is 1. The second kappa shape index (κ2) is 6.27. The molecule has 0 radical (unpaired) electrons. The van der Waals surface area contributed by atoms with Crippen LogP contribution < -0.4 is 16.5 Å². The number of carbonyl (C=O) groups is 1. The molecule has 0 saturated carbocycles. The number of carbonyl (C=O) groups excluding carboxylic acids is 1. The van der Waals surface area contributed by atoms with E-state index in [9.17, 15) is 9.59 Å². The van der Waals surface area contributed by atoms with Crippen LogP contribution in [0.5, 0.6) is 0 Å². The minimum absolute atomic E-state index is 0.0654. The van der Waals surface area contributed by atoms with Gasteiger partial charge in [0.25, 0.3) is 5.91 Å². The Hall–Kier alpha value is -3.19. The maximum Gasteiger partial charge on any atom is 0.349 e. The number of anilines is 1. The van der Waals surface area contributed by atoms with Crippen molar-refractivity contribution < 1.29 is 9.21 Å². The summed E-state index contributed by atoms with van der Waals surface area (Å²) in [7, 11) is 0. The number of aromatic nitrogens is 1. The zero-order valence-electron chi connectivity index (χ0n) is 14.1. The first-order chi connectivity index (χ1) is 12.5. The minimum Gasteiger partial charge on any atom is -0.422 e. The Balaban J connectivity index is 1.58. The Bertz CT molecular complexity index is 1210. The molecule has 7 heteroatoms. The first kappa shape index (κ1) is 16.3. The molecule has 0 aliphatic rings. The van der Waals surface area contributed by atoms with E-state index in [1.165, 1.54) is 17.4 Å². The van der Waals surface area contributed by atoms with Crippen molar-refractivity contribution in [3.63, 3.8) is 0 Å². The Labute approximate surface area is 152 Å². The van der Waals surface area contributed by atoms with Crippen LogP contribution in [0.15, 0.2) is 51.7 Å². The van der Waals surface area contributed by atoms with E-state index in [1.807, 2.05) is 26.0 Å². The molecule has 26 heavy (non-hydrogen) atoms. The zero-order valence-corrected chi connectivity index (χ0v) is 14.9. The minimum atomic E-state index is -0.682. The van der Waals surface area contributed by atoms with Crippen molar-refractivity contribution in [2.75, 3.05) is 5.43 Å². The number of hydrogen-bond acceptors (Lipinski definition) is 6. The molecule has 0 bridgehead atoms. The normalized spacial score (nSPS) is 11.0. The van der Waals surface area contributed by atoms with Gasteiger partial charge in [0.1, 0.15) is 11.1 Å². The fourth-order valence-electron chi connectivity index (χ4n) is 2.82. The SMILES string of the molecule is Cc1cc(C)c2nc(NNC(=O)c3cc4ccccc4oc3=O)sc2c1. The summed E-state index contributed by atoms with van der Waals surface area (Å²) in [6.07, 6.45) is 0. The molecule has 0 aliphatic heterocycles. The zero-order chi connectivity index (χ0) is 18.3. The van der Waals surface area contributed by atoms with Gasteiger partial charge in [-0.25, -0.2) is 9.78 Å². The highest BCUT2D eigenvalue weighted by molar-refractivity contribution is 7.22. The summed E-state index contributed by atoms with van der Waals surface area (Å²) in [5, 5.41) is 1.23. The van der Waals surface area contributed by atoms with E-state index in [2.05, 4.69) is 21.9 Å². The van der Waals surface area contributed by atoms with Crippen molar-refractivity contribution in [2.24, 2.45) is 0 Å². The number of para-hydroxylation sites is 1. The van der Waals surface area contributed by atoms with Crippen LogP contribution in [0.3, 0.4) is 0 Å². The summed E-state index contributed by atoms with van der Waals surface area (Å²) in [5.41, 5.74) is 8.11. The first-order valence-electron chi connectivity index (χ1n) is 7.98. The van der Waals surface area contributed by atoms with E-state index < -0.39 is 11.5 Å². The van der Waals surface area contributed by atoms with Gasteiger partial charge in [0, 0.05) is 5.39 Å². The number of aryl methyl sites for hydroxylation is 2. The van der Waals surface area contributed by atoms with Crippen LogP contribution in [0.25, 0.3) is 21.2 Å². The van der Waals surface area contributed by atoms with Gasteiger partial charge in [0.15, 0.2) is 0 Å². The van der Waals surface area contributed by atoms with Gasteiger partial charge < -0.3 is 4.42 Å². The van der Waals surface area contributed by atoms with Gasteiger partial charge >= 0.3 is 5.63 Å². The van der Waals surface area contributed by atoms with Gasteiger partial charge in [-0.3, -0.25) is 15.6 Å². The number of rotatable bonds is 3. The van der Waals surface area contributed by atoms with Crippen LogP contribution in [-0.4, -0.2) is 10.9 Å². The fraction of sp³-hybridized carbons (Fsp3) is 0.105. The van der Waals surface area contributed by atoms with E-state index in [1.54, 1.807) is 18.2 Å². The summed E-state index contributed by atoms with van der Waals surface area (Å²) in [6, 6.07) is 12.7. The van der Waals surface area contributed by atoms with Gasteiger partial charge in [0.05, 0.1) is 10.2 Å². The maximum absolute atomic E-state index is 12.4. The average molecular weight is 365 g/mol. The molecule has 2 aromatic heterocycles. The van der Waals surface area contributed by atoms with E-state index in [4.69, 9.17) is 4.42 Å². The van der Waals surface area contributed by atoms with Crippen LogP contribution in [0.4, 0.5) is 5.13 Å². The van der Waals surface area contributed by atoms with Crippen molar-refractivity contribution in [2.45, 2.75) is 13.8 Å². The van der Waals surface area contributed by atoms with Crippen LogP contribution in [-0.2, 0) is 0 Å². The molecular formula is C19H15N3O3S. The number of benzene rings is 2. The third-order valence-corrected chi connectivity index (χ3v) is 4.92. The van der Waals surface area contributed by atoms with Crippen molar-refractivity contribution in [1.82, 2.24) is 10.4 Å². The molecule has 0 spiro atoms. The Morgan fingerprint density at radius 1 is 1.15 bits per heavy atom. The smallest absolute Gasteiger partial charge is 0.349 e. The lowest BCUT2D eigenvalue weighted by atomic mass is 10.1. The van der Waals surface area contributed by atoms with Crippen LogP contribution in [0, 0.1) is 13.8 Å². The second-order valence-corrected chi connectivity index (χ2v) is 7.04. The molecule has 4 aromatic rings. The van der Waals surface area contributed by atoms with Gasteiger partial charge in [-0.1, -0.05) is 35.6 Å². The Kier molecular flexibility index (Phi) is 3.93. The number of hydrazine groups is 1. The lowest BCUT2D eigenvalue weighted by molar-refractivity contribution is 0.0959. The van der Waals surface area contributed by atoms with Gasteiger partial charge in [0.2, 0.25) is 5.13 Å². The summed E-state index contributed by atoms with van der Waals surface area (Å²) in [5.74, 6) is -0.573. The molecule has 6 nitrogen and oxygen atoms in total. The van der Waals surface area contributed by atoms with E-state index >= 15 is 0 Å². The predicted octanol–water partition coefficient (Wildman–Crippen LogP) is 3.78. The summed E-state index contributed by atoms with van der Waals surface area (Å²) in [4.78, 5) is 28.9. The summed E-state index contributed by atoms with van der Waals surface area (Å²) >= 11 is 1.43. The topological polar surface area (TPSA) is 84.2 Å². The highest BCUT2D eigenvalue weighted by Gasteiger charge is 2.14. The molecule has 0 saturated heterocycles. The standard InChI is InChI=1S/C19H15N3O3S/c1-10-7-11(2)16-15(8-10)26-19(20-16)22-21-17(23)13-9-12-5-3-4-6-14(12)25-18(13)24/h3-9H,1-2H3,(H,20,22)(H,21,23). The lowest BCUT2D eigenvalue weighted by Crippen LogP contribution is -2.32. The monoisotopic (exact) mass is 365 g/mol. The van der Waals surface area contributed by atoms with Crippen molar-refractivity contribution in [1.29, 1.82) is 0 Å². The van der Waals surface area contributed by atoms with Crippen LogP contribution in [0.2, 0.25) is 0 Å². The third kappa shape index (κ3) is 2.93. The largest absolute Gasteiger partial charge is 0.422 e. The summed E-state index contributed by atoms with van der Waals surface area (Å²) in [6.45, 7) is 4.03. The quantitative estimate of drug-likeness (QED) is 0.426. The van der Waals surface area contributed by atoms with Gasteiger partial charge in [-0.15, -0.1) is 0 Å². The second-order valence-electron chi connectivity index (χ2n) is 6.01. The molecular weight excluding hydrogens is 350 g/mol. The number of hydrogen-bond donors (Lipinski definition) is 2. The number of fused-ring (bicyclic) bond motifs is 2. The highest BCUT2D eigenvalue weighted by Crippen LogP contribution is 2.28. The van der Waals surface area contributed by atoms with Crippen LogP contribution in [0.1, 0.15) is 21.5 Å². The molecule has 0 fully saturated rings. The van der Waals surface area contributed by atoms with Crippen molar-refractivity contribution >= 4 is 43.6 Å². The predicted molar refractivity (Wildman–Crippen MR) is 103 cm³/mol. The fourth-order valence-corrected chi connectivity index (χ4v) is 3.82. The number of nitrogens with zero attached hydrogens (tertiary/aromatic N) is 1. The van der Waals surface area contributed by atoms with Gasteiger partial charge in [-0.05, 0) is 43.2 Å². The number of thiazole rings is 1. The Morgan fingerprint density at radius 3 is 2.81 bits per heavy atom. The summed E-state index contributed by atoms with van der Waals surface area (Å²) < 4.78 is 6.22. The first-order valence-corrected chi connectivity index (χ1v) is 8.80. The molecule has 2 aromatic carbocycles.